The first kappa shape index (κ1) is 8.72. The molecule has 1 aliphatic heterocycles. The average Bonchev–Trinajstić information content (AvgIpc) is 2.31. The van der Waals surface area contributed by atoms with E-state index in [0.29, 0.717) is 0 Å². The standard InChI is InChI=1S/C8H9NO3/c1-8(2,4-9)5-3-6(10)12-7(5)11/h5H,3H2,1-2H3. The zero-order valence-electron chi connectivity index (χ0n) is 6.96. The maximum atomic E-state index is 11.0. The van der Waals surface area contributed by atoms with E-state index >= 15 is 0 Å². The zero-order valence-corrected chi connectivity index (χ0v) is 6.96. The van der Waals surface area contributed by atoms with Crippen molar-refractivity contribution < 1.29 is 14.3 Å². The van der Waals surface area contributed by atoms with Gasteiger partial charge in [-0.05, 0) is 13.8 Å². The van der Waals surface area contributed by atoms with Crippen LogP contribution >= 0.6 is 0 Å². The van der Waals surface area contributed by atoms with Crippen molar-refractivity contribution >= 4 is 11.9 Å². The van der Waals surface area contributed by atoms with Crippen LogP contribution in [0.1, 0.15) is 20.3 Å². The summed E-state index contributed by atoms with van der Waals surface area (Å²) in [5, 5.41) is 8.69. The summed E-state index contributed by atoms with van der Waals surface area (Å²) in [6.45, 7) is 3.25. The van der Waals surface area contributed by atoms with Crippen LogP contribution in [0.15, 0.2) is 0 Å². The molecule has 0 radical (unpaired) electrons. The highest BCUT2D eigenvalue weighted by atomic mass is 16.6. The number of cyclic esters (lactones) is 2. The first-order valence-electron chi connectivity index (χ1n) is 3.63. The maximum absolute atomic E-state index is 11.0. The van der Waals surface area contributed by atoms with Crippen molar-refractivity contribution in [2.45, 2.75) is 20.3 Å². The molecule has 0 aromatic heterocycles. The Kier molecular flexibility index (Phi) is 1.89. The number of carbonyl (C=O) groups excluding carboxylic acids is 2. The summed E-state index contributed by atoms with van der Waals surface area (Å²) in [6.07, 6.45) is 0.0272. The molecule has 1 fully saturated rings. The van der Waals surface area contributed by atoms with Gasteiger partial charge in [-0.2, -0.15) is 5.26 Å². The van der Waals surface area contributed by atoms with Crippen molar-refractivity contribution in [1.29, 1.82) is 5.26 Å². The predicted molar refractivity (Wildman–Crippen MR) is 38.6 cm³/mol. The molecule has 0 bridgehead atoms. The minimum Gasteiger partial charge on any atom is -0.393 e. The number of nitriles is 1. The van der Waals surface area contributed by atoms with Crippen LogP contribution in [0.4, 0.5) is 0 Å². The lowest BCUT2D eigenvalue weighted by Gasteiger charge is -2.18. The number of carbonyl (C=O) groups is 2. The number of hydrogen-bond acceptors (Lipinski definition) is 4. The first-order chi connectivity index (χ1) is 5.47. The lowest BCUT2D eigenvalue weighted by atomic mass is 9.79. The van der Waals surface area contributed by atoms with Gasteiger partial charge in [-0.1, -0.05) is 0 Å². The Hall–Kier alpha value is -1.37. The summed E-state index contributed by atoms with van der Waals surface area (Å²) >= 11 is 0. The molecule has 0 aliphatic carbocycles. The lowest BCUT2D eigenvalue weighted by Crippen LogP contribution is -2.25. The molecule has 1 rings (SSSR count). The number of ether oxygens (including phenoxy) is 1. The van der Waals surface area contributed by atoms with Gasteiger partial charge in [-0.3, -0.25) is 9.59 Å². The summed E-state index contributed by atoms with van der Waals surface area (Å²) in [7, 11) is 0. The molecule has 12 heavy (non-hydrogen) atoms. The fourth-order valence-corrected chi connectivity index (χ4v) is 1.10. The van der Waals surface area contributed by atoms with E-state index in [2.05, 4.69) is 4.74 Å². The second kappa shape index (κ2) is 2.59. The summed E-state index contributed by atoms with van der Waals surface area (Å²) in [5.74, 6) is -1.71. The van der Waals surface area contributed by atoms with E-state index in [0.717, 1.165) is 0 Å². The summed E-state index contributed by atoms with van der Waals surface area (Å²) < 4.78 is 4.33. The Labute approximate surface area is 70.1 Å². The van der Waals surface area contributed by atoms with Gasteiger partial charge >= 0.3 is 11.9 Å². The van der Waals surface area contributed by atoms with Gasteiger partial charge in [0.2, 0.25) is 0 Å². The van der Waals surface area contributed by atoms with Crippen LogP contribution in [0.2, 0.25) is 0 Å². The Morgan fingerprint density at radius 1 is 1.58 bits per heavy atom. The molecule has 1 atom stereocenters. The second-order valence-electron chi connectivity index (χ2n) is 3.38. The summed E-state index contributed by atoms with van der Waals surface area (Å²) in [4.78, 5) is 21.7. The molecule has 0 amide bonds. The van der Waals surface area contributed by atoms with Crippen LogP contribution in [0.25, 0.3) is 0 Å². The number of nitrogens with zero attached hydrogens (tertiary/aromatic N) is 1. The lowest BCUT2D eigenvalue weighted by molar-refractivity contribution is -0.153. The smallest absolute Gasteiger partial charge is 0.318 e. The van der Waals surface area contributed by atoms with Gasteiger partial charge < -0.3 is 4.74 Å². The first-order valence-corrected chi connectivity index (χ1v) is 3.63. The van der Waals surface area contributed by atoms with Crippen molar-refractivity contribution in [2.75, 3.05) is 0 Å². The normalized spacial score (nSPS) is 23.6. The van der Waals surface area contributed by atoms with Crippen molar-refractivity contribution in [3.05, 3.63) is 0 Å². The molecule has 0 aromatic carbocycles. The quantitative estimate of drug-likeness (QED) is 0.424. The molecule has 0 aromatic rings. The van der Waals surface area contributed by atoms with Crippen LogP contribution < -0.4 is 0 Å². The van der Waals surface area contributed by atoms with E-state index in [4.69, 9.17) is 5.26 Å². The van der Waals surface area contributed by atoms with Gasteiger partial charge in [0.1, 0.15) is 0 Å². The summed E-state index contributed by atoms with van der Waals surface area (Å²) in [6, 6.07) is 1.98. The van der Waals surface area contributed by atoms with Crippen molar-refractivity contribution in [1.82, 2.24) is 0 Å². The highest BCUT2D eigenvalue weighted by molar-refractivity contribution is 5.95. The number of hydrogen-bond donors (Lipinski definition) is 0. The largest absolute Gasteiger partial charge is 0.393 e. The van der Waals surface area contributed by atoms with E-state index in [1.807, 2.05) is 6.07 Å². The second-order valence-corrected chi connectivity index (χ2v) is 3.38. The average molecular weight is 167 g/mol. The third kappa shape index (κ3) is 1.30. The molecule has 4 heteroatoms. The van der Waals surface area contributed by atoms with Gasteiger partial charge in [0.15, 0.2) is 0 Å². The fourth-order valence-electron chi connectivity index (χ4n) is 1.10. The molecule has 0 saturated carbocycles. The van der Waals surface area contributed by atoms with Crippen LogP contribution in [0, 0.1) is 22.7 Å². The molecule has 1 aliphatic rings. The molecule has 1 heterocycles. The topological polar surface area (TPSA) is 67.2 Å². The molecule has 0 N–H and O–H groups in total. The predicted octanol–water partition coefficient (Wildman–Crippen LogP) is 0.626. The minimum atomic E-state index is -0.816. The van der Waals surface area contributed by atoms with Gasteiger partial charge in [0, 0.05) is 0 Å². The van der Waals surface area contributed by atoms with Gasteiger partial charge in [-0.15, -0.1) is 0 Å². The van der Waals surface area contributed by atoms with Crippen LogP contribution in [0.3, 0.4) is 0 Å². The van der Waals surface area contributed by atoms with Crippen LogP contribution in [-0.4, -0.2) is 11.9 Å². The molecule has 0 spiro atoms. The van der Waals surface area contributed by atoms with E-state index in [1.54, 1.807) is 13.8 Å². The van der Waals surface area contributed by atoms with Gasteiger partial charge in [0.25, 0.3) is 0 Å². The number of esters is 2. The Morgan fingerprint density at radius 3 is 2.50 bits per heavy atom. The fraction of sp³-hybridized carbons (Fsp3) is 0.625. The number of rotatable bonds is 1. The van der Waals surface area contributed by atoms with Crippen LogP contribution in [0.5, 0.6) is 0 Å². The maximum Gasteiger partial charge on any atom is 0.318 e. The molecule has 1 unspecified atom stereocenters. The van der Waals surface area contributed by atoms with Gasteiger partial charge in [-0.25, -0.2) is 0 Å². The van der Waals surface area contributed by atoms with E-state index < -0.39 is 23.3 Å². The van der Waals surface area contributed by atoms with Crippen molar-refractivity contribution in [3.63, 3.8) is 0 Å². The minimum absolute atomic E-state index is 0.0272. The van der Waals surface area contributed by atoms with Crippen molar-refractivity contribution in [3.8, 4) is 6.07 Å². The zero-order chi connectivity index (χ0) is 9.35. The molecule has 4 nitrogen and oxygen atoms in total. The van der Waals surface area contributed by atoms with E-state index in [1.165, 1.54) is 0 Å². The third-order valence-electron chi connectivity index (χ3n) is 2.03. The third-order valence-corrected chi connectivity index (χ3v) is 2.03. The molecular weight excluding hydrogens is 158 g/mol. The Balaban J connectivity index is 2.85. The highest BCUT2D eigenvalue weighted by Crippen LogP contribution is 2.33. The van der Waals surface area contributed by atoms with Gasteiger partial charge in [0.05, 0.1) is 23.8 Å². The highest BCUT2D eigenvalue weighted by Gasteiger charge is 2.44. The van der Waals surface area contributed by atoms with E-state index in [-0.39, 0.29) is 6.42 Å². The van der Waals surface area contributed by atoms with Crippen molar-refractivity contribution in [2.24, 2.45) is 11.3 Å². The monoisotopic (exact) mass is 167 g/mol. The molecule has 64 valence electrons. The molecular formula is C8H9NO3. The Bertz CT molecular complexity index is 275. The van der Waals surface area contributed by atoms with E-state index in [9.17, 15) is 9.59 Å². The van der Waals surface area contributed by atoms with Crippen LogP contribution in [-0.2, 0) is 14.3 Å². The Morgan fingerprint density at radius 2 is 2.17 bits per heavy atom. The summed E-state index contributed by atoms with van der Waals surface area (Å²) in [5.41, 5.74) is -0.816. The SMILES string of the molecule is CC(C)(C#N)C1CC(=O)OC1=O. The molecule has 1 saturated heterocycles.